The minimum absolute atomic E-state index is 0.0384. The molecule has 0 radical (unpaired) electrons. The Kier molecular flexibility index (Phi) is 3.26. The van der Waals surface area contributed by atoms with Crippen molar-refractivity contribution in [2.24, 2.45) is 7.05 Å². The predicted octanol–water partition coefficient (Wildman–Crippen LogP) is 0.929. The molecule has 2 aromatic rings. The summed E-state index contributed by atoms with van der Waals surface area (Å²) in [6.45, 7) is 2.07. The minimum Gasteiger partial charge on any atom is -0.381 e. The monoisotopic (exact) mass is 306 g/mol. The number of nitrogens with zero attached hydrogens (tertiary/aromatic N) is 2. The van der Waals surface area contributed by atoms with Gasteiger partial charge in [0, 0.05) is 19.5 Å². The first kappa shape index (κ1) is 14.1. The smallest absolute Gasteiger partial charge is 0.246 e. The molecule has 1 atom stereocenters. The van der Waals surface area contributed by atoms with Gasteiger partial charge in [-0.05, 0) is 24.5 Å². The standard InChI is InChI=1S/C14H18N4O2S/c1-9-13(14(15)17-18(9)2)21(19,20)16-8-11-7-10-5-3-4-6-12(10)11/h3-6,11,16H,7-8H2,1-2H3,(H2,15,17). The fourth-order valence-electron chi connectivity index (χ4n) is 2.77. The summed E-state index contributed by atoms with van der Waals surface area (Å²) < 4.78 is 28.9. The molecule has 7 heteroatoms. The van der Waals surface area contributed by atoms with Crippen LogP contribution in [0.3, 0.4) is 0 Å². The van der Waals surface area contributed by atoms with Gasteiger partial charge in [-0.1, -0.05) is 24.3 Å². The van der Waals surface area contributed by atoms with Crippen LogP contribution in [0.5, 0.6) is 0 Å². The molecule has 6 nitrogen and oxygen atoms in total. The summed E-state index contributed by atoms with van der Waals surface area (Å²) in [4.78, 5) is 0.0811. The number of anilines is 1. The number of hydrogen-bond donors (Lipinski definition) is 2. The molecule has 3 N–H and O–H groups in total. The van der Waals surface area contributed by atoms with E-state index in [1.165, 1.54) is 15.8 Å². The molecule has 112 valence electrons. The lowest BCUT2D eigenvalue weighted by Crippen LogP contribution is -2.33. The highest BCUT2D eigenvalue weighted by Gasteiger charge is 2.29. The molecule has 3 rings (SSSR count). The van der Waals surface area contributed by atoms with Gasteiger partial charge in [0.15, 0.2) is 5.82 Å². The average molecular weight is 306 g/mol. The number of benzene rings is 1. The van der Waals surface area contributed by atoms with Gasteiger partial charge in [-0.3, -0.25) is 4.68 Å². The van der Waals surface area contributed by atoms with E-state index in [-0.39, 0.29) is 16.6 Å². The van der Waals surface area contributed by atoms with E-state index < -0.39 is 10.0 Å². The molecule has 0 saturated carbocycles. The second-order valence-electron chi connectivity index (χ2n) is 5.38. The lowest BCUT2D eigenvalue weighted by molar-refractivity contribution is 0.551. The highest BCUT2D eigenvalue weighted by Crippen LogP contribution is 2.34. The zero-order chi connectivity index (χ0) is 15.2. The van der Waals surface area contributed by atoms with E-state index in [2.05, 4.69) is 15.9 Å². The molecule has 1 aliphatic rings. The number of rotatable bonds is 4. The van der Waals surface area contributed by atoms with Gasteiger partial charge in [0.1, 0.15) is 4.90 Å². The largest absolute Gasteiger partial charge is 0.381 e. The van der Waals surface area contributed by atoms with E-state index in [9.17, 15) is 8.42 Å². The molecule has 0 saturated heterocycles. The summed E-state index contributed by atoms with van der Waals surface area (Å²) in [6, 6.07) is 8.09. The lowest BCUT2D eigenvalue weighted by atomic mass is 9.78. The normalized spacial score (nSPS) is 17.3. The third-order valence-electron chi connectivity index (χ3n) is 4.05. The number of nitrogen functional groups attached to an aromatic ring is 1. The first-order valence-corrected chi connectivity index (χ1v) is 8.25. The maximum absolute atomic E-state index is 12.4. The van der Waals surface area contributed by atoms with Crippen molar-refractivity contribution in [2.75, 3.05) is 12.3 Å². The topological polar surface area (TPSA) is 90.0 Å². The summed E-state index contributed by atoms with van der Waals surface area (Å²) >= 11 is 0. The van der Waals surface area contributed by atoms with E-state index in [1.54, 1.807) is 14.0 Å². The van der Waals surface area contributed by atoms with Crippen LogP contribution in [0.1, 0.15) is 22.7 Å². The molecule has 1 aromatic carbocycles. The number of nitrogens with one attached hydrogen (secondary N) is 1. The molecule has 21 heavy (non-hydrogen) atoms. The summed E-state index contributed by atoms with van der Waals surface area (Å²) in [5, 5.41) is 3.95. The van der Waals surface area contributed by atoms with Gasteiger partial charge < -0.3 is 5.73 Å². The third kappa shape index (κ3) is 2.32. The van der Waals surface area contributed by atoms with Crippen LogP contribution in [0.15, 0.2) is 29.2 Å². The second kappa shape index (κ2) is 4.85. The summed E-state index contributed by atoms with van der Waals surface area (Å²) in [5.41, 5.74) is 8.75. The zero-order valence-electron chi connectivity index (χ0n) is 12.0. The van der Waals surface area contributed by atoms with Crippen molar-refractivity contribution < 1.29 is 8.42 Å². The molecule has 1 unspecified atom stereocenters. The van der Waals surface area contributed by atoms with Crippen molar-refractivity contribution in [3.05, 3.63) is 41.1 Å². The summed E-state index contributed by atoms with van der Waals surface area (Å²) in [6.07, 6.45) is 0.903. The Morgan fingerprint density at radius 3 is 2.76 bits per heavy atom. The Balaban J connectivity index is 1.77. The fourth-order valence-corrected chi connectivity index (χ4v) is 4.18. The van der Waals surface area contributed by atoms with Gasteiger partial charge in [-0.2, -0.15) is 5.10 Å². The van der Waals surface area contributed by atoms with Crippen molar-refractivity contribution in [1.82, 2.24) is 14.5 Å². The Morgan fingerprint density at radius 2 is 2.14 bits per heavy atom. The van der Waals surface area contributed by atoms with Crippen molar-refractivity contribution in [1.29, 1.82) is 0 Å². The SMILES string of the molecule is Cc1c(S(=O)(=O)NCC2Cc3ccccc32)c(N)nn1C. The van der Waals surface area contributed by atoms with Gasteiger partial charge in [0.05, 0.1) is 5.69 Å². The first-order valence-electron chi connectivity index (χ1n) is 6.76. The number of aryl methyl sites for hydroxylation is 1. The van der Waals surface area contributed by atoms with Gasteiger partial charge in [0.2, 0.25) is 10.0 Å². The maximum Gasteiger partial charge on any atom is 0.246 e. The molecule has 0 amide bonds. The Morgan fingerprint density at radius 1 is 1.43 bits per heavy atom. The van der Waals surface area contributed by atoms with Crippen LogP contribution in [0.25, 0.3) is 0 Å². The number of nitrogens with two attached hydrogens (primary N) is 1. The highest BCUT2D eigenvalue weighted by molar-refractivity contribution is 7.89. The molecule has 0 aliphatic heterocycles. The van der Waals surface area contributed by atoms with Gasteiger partial charge in [-0.15, -0.1) is 0 Å². The van der Waals surface area contributed by atoms with Crippen molar-refractivity contribution in [2.45, 2.75) is 24.2 Å². The highest BCUT2D eigenvalue weighted by atomic mass is 32.2. The number of hydrogen-bond acceptors (Lipinski definition) is 4. The molecular weight excluding hydrogens is 288 g/mol. The van der Waals surface area contributed by atoms with Crippen LogP contribution < -0.4 is 10.5 Å². The molecule has 1 aliphatic carbocycles. The van der Waals surface area contributed by atoms with Gasteiger partial charge in [-0.25, -0.2) is 13.1 Å². The van der Waals surface area contributed by atoms with Crippen molar-refractivity contribution in [3.8, 4) is 0 Å². The number of fused-ring (bicyclic) bond motifs is 1. The Hall–Kier alpha value is -1.86. The second-order valence-corrected chi connectivity index (χ2v) is 7.08. The van der Waals surface area contributed by atoms with Crippen LogP contribution in [0, 0.1) is 6.92 Å². The molecule has 0 fully saturated rings. The molecule has 0 bridgehead atoms. The predicted molar refractivity (Wildman–Crippen MR) is 80.4 cm³/mol. The van der Waals surface area contributed by atoms with Crippen LogP contribution in [-0.2, 0) is 23.5 Å². The van der Waals surface area contributed by atoms with Gasteiger partial charge >= 0.3 is 0 Å². The Bertz CT molecular complexity index is 795. The molecule has 1 aromatic heterocycles. The van der Waals surface area contributed by atoms with Crippen LogP contribution >= 0.6 is 0 Å². The molecular formula is C14H18N4O2S. The van der Waals surface area contributed by atoms with Crippen LogP contribution in [0.4, 0.5) is 5.82 Å². The minimum atomic E-state index is -3.63. The van der Waals surface area contributed by atoms with E-state index in [0.717, 1.165) is 6.42 Å². The van der Waals surface area contributed by atoms with Crippen LogP contribution in [0.2, 0.25) is 0 Å². The summed E-state index contributed by atoms with van der Waals surface area (Å²) in [5.74, 6) is 0.269. The van der Waals surface area contributed by atoms with E-state index in [0.29, 0.717) is 12.2 Å². The lowest BCUT2D eigenvalue weighted by Gasteiger charge is -2.30. The molecule has 0 spiro atoms. The fraction of sp³-hybridized carbons (Fsp3) is 0.357. The first-order chi connectivity index (χ1) is 9.90. The van der Waals surface area contributed by atoms with Crippen LogP contribution in [-0.4, -0.2) is 24.7 Å². The third-order valence-corrected chi connectivity index (χ3v) is 5.64. The van der Waals surface area contributed by atoms with E-state index in [1.807, 2.05) is 18.2 Å². The average Bonchev–Trinajstić information content (AvgIpc) is 2.64. The van der Waals surface area contributed by atoms with E-state index in [4.69, 9.17) is 5.73 Å². The zero-order valence-corrected chi connectivity index (χ0v) is 12.8. The number of sulfonamides is 1. The Labute approximate surface area is 124 Å². The van der Waals surface area contributed by atoms with Gasteiger partial charge in [0.25, 0.3) is 0 Å². The maximum atomic E-state index is 12.4. The van der Waals surface area contributed by atoms with Crippen molar-refractivity contribution >= 4 is 15.8 Å². The quantitative estimate of drug-likeness (QED) is 0.879. The van der Waals surface area contributed by atoms with E-state index >= 15 is 0 Å². The van der Waals surface area contributed by atoms with Crippen molar-refractivity contribution in [3.63, 3.8) is 0 Å². The number of aromatic nitrogens is 2. The molecule has 1 heterocycles. The summed E-state index contributed by atoms with van der Waals surface area (Å²) in [7, 11) is -1.96.